The number of likely N-dealkylation sites (tertiary alicyclic amines) is 1. The molecule has 1 unspecified atom stereocenters. The van der Waals surface area contributed by atoms with Gasteiger partial charge in [-0.3, -0.25) is 4.79 Å². The maximum absolute atomic E-state index is 11.5. The van der Waals surface area contributed by atoms with Gasteiger partial charge in [-0.1, -0.05) is 13.8 Å². The van der Waals surface area contributed by atoms with Crippen LogP contribution in [0.3, 0.4) is 0 Å². The fourth-order valence-corrected chi connectivity index (χ4v) is 1.69. The highest BCUT2D eigenvalue weighted by atomic mass is 16.4. The molecule has 0 aromatic heterocycles. The average molecular weight is 185 g/mol. The molecule has 1 fully saturated rings. The van der Waals surface area contributed by atoms with E-state index in [4.69, 9.17) is 5.11 Å². The quantitative estimate of drug-likeness (QED) is 0.704. The maximum Gasteiger partial charge on any atom is 0.326 e. The number of hydrogen-bond donors (Lipinski definition) is 1. The lowest BCUT2D eigenvalue weighted by Gasteiger charge is -2.23. The predicted molar refractivity (Wildman–Crippen MR) is 47.2 cm³/mol. The Bertz CT molecular complexity index is 227. The fourth-order valence-electron chi connectivity index (χ4n) is 1.69. The Hall–Kier alpha value is -1.06. The van der Waals surface area contributed by atoms with E-state index >= 15 is 0 Å². The van der Waals surface area contributed by atoms with Gasteiger partial charge in [0.1, 0.15) is 6.04 Å². The van der Waals surface area contributed by atoms with Crippen LogP contribution in [0.4, 0.5) is 0 Å². The van der Waals surface area contributed by atoms with Gasteiger partial charge in [-0.15, -0.1) is 0 Å². The van der Waals surface area contributed by atoms with Gasteiger partial charge in [0.15, 0.2) is 0 Å². The fraction of sp³-hybridized carbons (Fsp3) is 0.778. The molecular formula is C9H15NO3. The summed E-state index contributed by atoms with van der Waals surface area (Å²) in [7, 11) is 0. The molecule has 0 aromatic rings. The van der Waals surface area contributed by atoms with Gasteiger partial charge in [0.25, 0.3) is 0 Å². The van der Waals surface area contributed by atoms with Crippen molar-refractivity contribution in [2.24, 2.45) is 5.92 Å². The molecule has 0 bridgehead atoms. The molecule has 1 N–H and O–H groups in total. The van der Waals surface area contributed by atoms with Crippen molar-refractivity contribution in [1.82, 2.24) is 4.90 Å². The minimum Gasteiger partial charge on any atom is -0.480 e. The van der Waals surface area contributed by atoms with Crippen LogP contribution in [0.25, 0.3) is 0 Å². The molecular weight excluding hydrogens is 170 g/mol. The summed E-state index contributed by atoms with van der Waals surface area (Å²) in [6.45, 7) is 4.22. The lowest BCUT2D eigenvalue weighted by molar-refractivity contribution is -0.149. The van der Waals surface area contributed by atoms with Crippen molar-refractivity contribution in [3.63, 3.8) is 0 Å². The highest BCUT2D eigenvalue weighted by molar-refractivity contribution is 5.86. The van der Waals surface area contributed by atoms with Crippen LogP contribution in [0.1, 0.15) is 26.7 Å². The smallest absolute Gasteiger partial charge is 0.326 e. The van der Waals surface area contributed by atoms with E-state index in [1.807, 2.05) is 6.92 Å². The Balaban J connectivity index is 2.71. The SMILES string of the molecule is CCC(C(=O)O)N1CC[C@H](C)C1=O. The first-order chi connectivity index (χ1) is 6.07. The molecule has 0 aliphatic carbocycles. The summed E-state index contributed by atoms with van der Waals surface area (Å²) < 4.78 is 0. The van der Waals surface area contributed by atoms with E-state index < -0.39 is 12.0 Å². The first-order valence-electron chi connectivity index (χ1n) is 4.61. The van der Waals surface area contributed by atoms with E-state index in [0.29, 0.717) is 13.0 Å². The third kappa shape index (κ3) is 1.82. The van der Waals surface area contributed by atoms with Crippen molar-refractivity contribution in [2.75, 3.05) is 6.54 Å². The van der Waals surface area contributed by atoms with E-state index in [0.717, 1.165) is 6.42 Å². The summed E-state index contributed by atoms with van der Waals surface area (Å²) in [5.41, 5.74) is 0. The number of carboxylic acid groups (broad SMARTS) is 1. The molecule has 4 nitrogen and oxygen atoms in total. The molecule has 0 spiro atoms. The van der Waals surface area contributed by atoms with Crippen LogP contribution >= 0.6 is 0 Å². The van der Waals surface area contributed by atoms with Crippen LogP contribution < -0.4 is 0 Å². The van der Waals surface area contributed by atoms with E-state index in [2.05, 4.69) is 0 Å². The van der Waals surface area contributed by atoms with Gasteiger partial charge in [-0.25, -0.2) is 4.79 Å². The number of rotatable bonds is 3. The van der Waals surface area contributed by atoms with E-state index in [1.54, 1.807) is 6.92 Å². The number of amides is 1. The normalized spacial score (nSPS) is 24.9. The Kier molecular flexibility index (Phi) is 2.90. The second-order valence-electron chi connectivity index (χ2n) is 3.48. The van der Waals surface area contributed by atoms with Gasteiger partial charge in [0.05, 0.1) is 0 Å². The summed E-state index contributed by atoms with van der Waals surface area (Å²) in [4.78, 5) is 23.7. The van der Waals surface area contributed by atoms with Crippen LogP contribution in [0.2, 0.25) is 0 Å². The van der Waals surface area contributed by atoms with Crippen LogP contribution in [-0.4, -0.2) is 34.5 Å². The summed E-state index contributed by atoms with van der Waals surface area (Å²) in [6.07, 6.45) is 1.26. The van der Waals surface area contributed by atoms with Crippen LogP contribution in [-0.2, 0) is 9.59 Å². The molecule has 4 heteroatoms. The van der Waals surface area contributed by atoms with Gasteiger partial charge >= 0.3 is 5.97 Å². The summed E-state index contributed by atoms with van der Waals surface area (Å²) in [6, 6.07) is -0.627. The van der Waals surface area contributed by atoms with E-state index in [9.17, 15) is 9.59 Å². The zero-order valence-corrected chi connectivity index (χ0v) is 7.99. The van der Waals surface area contributed by atoms with Crippen LogP contribution in [0.5, 0.6) is 0 Å². The molecule has 1 rings (SSSR count). The second kappa shape index (κ2) is 3.77. The highest BCUT2D eigenvalue weighted by Crippen LogP contribution is 2.20. The van der Waals surface area contributed by atoms with Gasteiger partial charge in [-0.05, 0) is 12.8 Å². The summed E-state index contributed by atoms with van der Waals surface area (Å²) in [5.74, 6) is -0.924. The molecule has 0 radical (unpaired) electrons. The number of carbonyl (C=O) groups excluding carboxylic acids is 1. The third-order valence-corrected chi connectivity index (χ3v) is 2.56. The Morgan fingerprint density at radius 3 is 2.69 bits per heavy atom. The monoisotopic (exact) mass is 185 g/mol. The first-order valence-corrected chi connectivity index (χ1v) is 4.61. The molecule has 1 aliphatic heterocycles. The van der Waals surface area contributed by atoms with Crippen molar-refractivity contribution in [3.05, 3.63) is 0 Å². The van der Waals surface area contributed by atoms with Crippen LogP contribution in [0.15, 0.2) is 0 Å². The van der Waals surface area contributed by atoms with Gasteiger partial charge in [0, 0.05) is 12.5 Å². The lowest BCUT2D eigenvalue weighted by Crippen LogP contribution is -2.42. The molecule has 1 saturated heterocycles. The molecule has 0 aromatic carbocycles. The van der Waals surface area contributed by atoms with Crippen LogP contribution in [0, 0.1) is 5.92 Å². The second-order valence-corrected chi connectivity index (χ2v) is 3.48. The summed E-state index contributed by atoms with van der Waals surface area (Å²) >= 11 is 0. The van der Waals surface area contributed by atoms with Gasteiger partial charge < -0.3 is 10.0 Å². The highest BCUT2D eigenvalue weighted by Gasteiger charge is 2.35. The first kappa shape index (κ1) is 10.0. The Labute approximate surface area is 77.5 Å². The van der Waals surface area contributed by atoms with Crippen molar-refractivity contribution in [2.45, 2.75) is 32.7 Å². The van der Waals surface area contributed by atoms with Gasteiger partial charge in [0.2, 0.25) is 5.91 Å². The van der Waals surface area contributed by atoms with E-state index in [-0.39, 0.29) is 11.8 Å². The molecule has 1 heterocycles. The topological polar surface area (TPSA) is 57.6 Å². The predicted octanol–water partition coefficient (Wildman–Crippen LogP) is 0.718. The lowest BCUT2D eigenvalue weighted by atomic mass is 10.1. The molecule has 0 saturated carbocycles. The van der Waals surface area contributed by atoms with Crippen molar-refractivity contribution in [3.8, 4) is 0 Å². The van der Waals surface area contributed by atoms with Gasteiger partial charge in [-0.2, -0.15) is 0 Å². The Morgan fingerprint density at radius 2 is 2.38 bits per heavy atom. The average Bonchev–Trinajstić information content (AvgIpc) is 2.37. The number of hydrogen-bond acceptors (Lipinski definition) is 2. The minimum absolute atomic E-state index is 0.00611. The van der Waals surface area contributed by atoms with Crippen molar-refractivity contribution >= 4 is 11.9 Å². The van der Waals surface area contributed by atoms with Crippen molar-refractivity contribution in [1.29, 1.82) is 0 Å². The molecule has 1 aliphatic rings. The molecule has 13 heavy (non-hydrogen) atoms. The van der Waals surface area contributed by atoms with Crippen molar-refractivity contribution < 1.29 is 14.7 Å². The summed E-state index contributed by atoms with van der Waals surface area (Å²) in [5, 5.41) is 8.84. The number of carboxylic acids is 1. The zero-order valence-electron chi connectivity index (χ0n) is 7.99. The molecule has 2 atom stereocenters. The standard InChI is InChI=1S/C9H15NO3/c1-3-7(9(12)13)10-5-4-6(2)8(10)11/h6-7H,3-5H2,1-2H3,(H,12,13)/t6-,7?/m0/s1. The third-order valence-electron chi connectivity index (χ3n) is 2.56. The number of carbonyl (C=O) groups is 2. The zero-order chi connectivity index (χ0) is 10.0. The minimum atomic E-state index is -0.898. The Morgan fingerprint density at radius 1 is 1.77 bits per heavy atom. The maximum atomic E-state index is 11.5. The molecule has 1 amide bonds. The van der Waals surface area contributed by atoms with E-state index in [1.165, 1.54) is 4.90 Å². The largest absolute Gasteiger partial charge is 0.480 e. The number of aliphatic carboxylic acids is 1. The number of nitrogens with zero attached hydrogens (tertiary/aromatic N) is 1. The molecule has 74 valence electrons.